The molecule has 0 aliphatic carbocycles. The lowest BCUT2D eigenvalue weighted by molar-refractivity contribution is 0.669. The van der Waals surface area contributed by atoms with E-state index < -0.39 is 0 Å². The van der Waals surface area contributed by atoms with E-state index in [2.05, 4.69) is 168 Å². The van der Waals surface area contributed by atoms with Crippen LogP contribution in [0.4, 0.5) is 0 Å². The number of benzene rings is 10. The minimum Gasteiger partial charge on any atom is -0.456 e. The minimum atomic E-state index is 0.515. The molecule has 4 aromatic heterocycles. The van der Waals surface area contributed by atoms with Crippen molar-refractivity contribution >= 4 is 87.2 Å². The van der Waals surface area contributed by atoms with Gasteiger partial charge in [-0.05, 0) is 75.8 Å². The highest BCUT2D eigenvalue weighted by molar-refractivity contribution is 6.23. The second kappa shape index (κ2) is 13.8. The molecular weight excluding hydrogens is 797 g/mol. The van der Waals surface area contributed by atoms with Crippen molar-refractivity contribution in [2.75, 3.05) is 0 Å². The first kappa shape index (κ1) is 35.7. The number of hydrogen-bond acceptors (Lipinski definition) is 5. The van der Waals surface area contributed by atoms with Gasteiger partial charge in [-0.1, -0.05) is 158 Å². The molecule has 0 aliphatic heterocycles. The van der Waals surface area contributed by atoms with Crippen molar-refractivity contribution in [1.29, 1.82) is 0 Å². The van der Waals surface area contributed by atoms with Gasteiger partial charge in [-0.15, -0.1) is 0 Å². The molecule has 0 amide bonds. The fourth-order valence-electron chi connectivity index (χ4n) is 10.0. The normalized spacial score (nSPS) is 12.0. The molecule has 0 radical (unpaired) electrons. The SMILES string of the molecule is c1ccc(-c2cccc(-c3nc(-c4ccc5oc6ccccc6c5c4-n4c5cc6ccccc6cc5c5ccc6ccccc6c54)nc(-c4cccc5c4oc4ccccc45)n3)c2)cc1. The smallest absolute Gasteiger partial charge is 0.167 e. The van der Waals surface area contributed by atoms with Crippen molar-refractivity contribution in [2.45, 2.75) is 0 Å². The molecule has 0 unspecified atom stereocenters. The Morgan fingerprint density at radius 3 is 1.82 bits per heavy atom. The van der Waals surface area contributed by atoms with Crippen molar-refractivity contribution in [1.82, 2.24) is 19.5 Å². The minimum absolute atomic E-state index is 0.515. The molecule has 0 N–H and O–H groups in total. The van der Waals surface area contributed by atoms with Crippen LogP contribution in [0.15, 0.2) is 215 Å². The third kappa shape index (κ3) is 5.44. The zero-order chi connectivity index (χ0) is 42.6. The second-order valence-electron chi connectivity index (χ2n) is 16.7. The summed E-state index contributed by atoms with van der Waals surface area (Å²) >= 11 is 0. The number of rotatable bonds is 5. The van der Waals surface area contributed by atoms with Crippen LogP contribution in [-0.2, 0) is 0 Å². The van der Waals surface area contributed by atoms with Gasteiger partial charge in [0, 0.05) is 43.4 Å². The van der Waals surface area contributed by atoms with Gasteiger partial charge in [0.2, 0.25) is 0 Å². The van der Waals surface area contributed by atoms with Gasteiger partial charge in [-0.3, -0.25) is 0 Å². The Bertz CT molecular complexity index is 4250. The average Bonchev–Trinajstić information content (AvgIpc) is 4.05. The summed E-state index contributed by atoms with van der Waals surface area (Å²) in [6, 6.07) is 72.1. The average molecular weight is 831 g/mol. The van der Waals surface area contributed by atoms with Gasteiger partial charge >= 0.3 is 0 Å². The summed E-state index contributed by atoms with van der Waals surface area (Å²) < 4.78 is 15.8. The lowest BCUT2D eigenvalue weighted by Crippen LogP contribution is -2.04. The topological polar surface area (TPSA) is 69.9 Å². The Balaban J connectivity index is 1.14. The van der Waals surface area contributed by atoms with E-state index in [0.29, 0.717) is 17.5 Å². The molecule has 302 valence electrons. The molecule has 0 atom stereocenters. The lowest BCUT2D eigenvalue weighted by Gasteiger charge is -2.17. The molecule has 65 heavy (non-hydrogen) atoms. The Hall–Kier alpha value is -8.87. The van der Waals surface area contributed by atoms with Gasteiger partial charge < -0.3 is 13.4 Å². The molecule has 10 aromatic carbocycles. The number of para-hydroxylation sites is 3. The Morgan fingerprint density at radius 2 is 0.969 bits per heavy atom. The van der Waals surface area contributed by atoms with Gasteiger partial charge in [0.25, 0.3) is 0 Å². The molecular formula is C59H34N4O2. The Morgan fingerprint density at radius 1 is 0.338 bits per heavy atom. The lowest BCUT2D eigenvalue weighted by atomic mass is 10.0. The van der Waals surface area contributed by atoms with E-state index in [1.54, 1.807) is 0 Å². The van der Waals surface area contributed by atoms with E-state index in [9.17, 15) is 0 Å². The Labute approximate surface area is 371 Å². The van der Waals surface area contributed by atoms with Crippen LogP contribution in [0, 0.1) is 0 Å². The highest BCUT2D eigenvalue weighted by atomic mass is 16.3. The fourth-order valence-corrected chi connectivity index (χ4v) is 10.0. The quantitative estimate of drug-likeness (QED) is 0.173. The standard InChI is InChI=1S/C59H34N4O2/c1-2-14-35(15-3-1)37-19-12-20-40(32-37)57-60-58(62-59(61-57)47-25-13-24-44-42-22-8-10-26-50(42)65-56(44)47)46-30-31-52-53(45-23-9-11-27-51(45)64-52)55(46)63-49-34-39-18-5-4-17-38(39)33-48(49)43-29-28-36-16-6-7-21-41(36)54(43)63/h1-34H. The maximum absolute atomic E-state index is 6.70. The molecule has 0 saturated carbocycles. The van der Waals surface area contributed by atoms with Crippen molar-refractivity contribution in [3.8, 4) is 51.0 Å². The van der Waals surface area contributed by atoms with Crippen LogP contribution in [0.1, 0.15) is 0 Å². The van der Waals surface area contributed by atoms with Gasteiger partial charge in [-0.2, -0.15) is 0 Å². The molecule has 14 rings (SSSR count). The van der Waals surface area contributed by atoms with Gasteiger partial charge in [0.1, 0.15) is 22.3 Å². The summed E-state index contributed by atoms with van der Waals surface area (Å²) in [5.74, 6) is 1.60. The molecule has 0 spiro atoms. The van der Waals surface area contributed by atoms with Crippen molar-refractivity contribution in [3.05, 3.63) is 206 Å². The molecule has 0 aliphatic rings. The monoisotopic (exact) mass is 830 g/mol. The highest BCUT2D eigenvalue weighted by Crippen LogP contribution is 2.46. The molecule has 4 heterocycles. The van der Waals surface area contributed by atoms with Crippen molar-refractivity contribution in [2.24, 2.45) is 0 Å². The van der Waals surface area contributed by atoms with Crippen molar-refractivity contribution < 1.29 is 8.83 Å². The van der Waals surface area contributed by atoms with E-state index in [1.165, 1.54) is 5.39 Å². The van der Waals surface area contributed by atoms with Crippen LogP contribution in [0.25, 0.3) is 138 Å². The van der Waals surface area contributed by atoms with Crippen LogP contribution in [0.2, 0.25) is 0 Å². The van der Waals surface area contributed by atoms with E-state index in [0.717, 1.165) is 115 Å². The third-order valence-corrected chi connectivity index (χ3v) is 13.0. The number of nitrogens with zero attached hydrogens (tertiary/aromatic N) is 4. The summed E-state index contributed by atoms with van der Waals surface area (Å²) in [6.45, 7) is 0. The first-order valence-corrected chi connectivity index (χ1v) is 21.8. The summed E-state index contributed by atoms with van der Waals surface area (Å²) in [4.78, 5) is 16.3. The first-order valence-electron chi connectivity index (χ1n) is 21.8. The summed E-state index contributed by atoms with van der Waals surface area (Å²) in [6.07, 6.45) is 0. The molecule has 0 saturated heterocycles. The van der Waals surface area contributed by atoms with E-state index in [1.807, 2.05) is 42.5 Å². The largest absolute Gasteiger partial charge is 0.456 e. The molecule has 6 nitrogen and oxygen atoms in total. The molecule has 0 bridgehead atoms. The fraction of sp³-hybridized carbons (Fsp3) is 0. The van der Waals surface area contributed by atoms with Crippen LogP contribution in [0.5, 0.6) is 0 Å². The summed E-state index contributed by atoms with van der Waals surface area (Å²) in [5.41, 5.74) is 10.9. The third-order valence-electron chi connectivity index (χ3n) is 13.0. The first-order chi connectivity index (χ1) is 32.2. The molecule has 14 aromatic rings. The van der Waals surface area contributed by atoms with E-state index in [4.69, 9.17) is 23.8 Å². The highest BCUT2D eigenvalue weighted by Gasteiger charge is 2.26. The zero-order valence-electron chi connectivity index (χ0n) is 34.7. The van der Waals surface area contributed by atoms with Crippen LogP contribution < -0.4 is 0 Å². The molecule has 0 fully saturated rings. The van der Waals surface area contributed by atoms with Crippen LogP contribution in [0.3, 0.4) is 0 Å². The van der Waals surface area contributed by atoms with Gasteiger partial charge in [0.15, 0.2) is 17.5 Å². The zero-order valence-corrected chi connectivity index (χ0v) is 34.7. The molecule has 6 heteroatoms. The predicted molar refractivity (Wildman–Crippen MR) is 265 cm³/mol. The van der Waals surface area contributed by atoms with E-state index in [-0.39, 0.29) is 0 Å². The number of hydrogen-bond donors (Lipinski definition) is 0. The van der Waals surface area contributed by atoms with Crippen molar-refractivity contribution in [3.63, 3.8) is 0 Å². The number of aromatic nitrogens is 4. The Kier molecular flexibility index (Phi) is 7.59. The van der Waals surface area contributed by atoms with Crippen LogP contribution in [-0.4, -0.2) is 19.5 Å². The van der Waals surface area contributed by atoms with Gasteiger partial charge in [-0.25, -0.2) is 15.0 Å². The number of fused-ring (bicyclic) bond motifs is 12. The van der Waals surface area contributed by atoms with E-state index >= 15 is 0 Å². The second-order valence-corrected chi connectivity index (χ2v) is 16.7. The maximum Gasteiger partial charge on any atom is 0.167 e. The summed E-state index contributed by atoms with van der Waals surface area (Å²) in [5, 5.41) is 11.0. The van der Waals surface area contributed by atoms with Gasteiger partial charge in [0.05, 0.1) is 27.7 Å². The van der Waals surface area contributed by atoms with Crippen LogP contribution >= 0.6 is 0 Å². The number of furan rings is 2. The maximum atomic E-state index is 6.70. The summed E-state index contributed by atoms with van der Waals surface area (Å²) in [7, 11) is 0. The predicted octanol–water partition coefficient (Wildman–Crippen LogP) is 15.7.